The number of hydrogen-bond donors (Lipinski definition) is 3. The molecule has 1 aromatic carbocycles. The van der Waals surface area contributed by atoms with Crippen LogP contribution in [0.5, 0.6) is 0 Å². The summed E-state index contributed by atoms with van der Waals surface area (Å²) in [5, 5.41) is 28.9. The Morgan fingerprint density at radius 2 is 2.05 bits per heavy atom. The van der Waals surface area contributed by atoms with Gasteiger partial charge in [0.05, 0.1) is 16.6 Å². The summed E-state index contributed by atoms with van der Waals surface area (Å²) in [5.74, 6) is -2.24. The number of aliphatic hydroxyl groups excluding tert-OH is 1. The molecule has 0 fully saturated rings. The molecule has 3 rings (SSSR count). The van der Waals surface area contributed by atoms with Gasteiger partial charge in [0.2, 0.25) is 0 Å². The monoisotopic (exact) mass is 330 g/mol. The van der Waals surface area contributed by atoms with Crippen molar-refractivity contribution in [2.75, 3.05) is 0 Å². The number of benzene rings is 1. The van der Waals surface area contributed by atoms with Crippen molar-refractivity contribution < 1.29 is 24.9 Å². The maximum Gasteiger partial charge on any atom is 0.335 e. The highest BCUT2D eigenvalue weighted by molar-refractivity contribution is 8.01. The third kappa shape index (κ3) is 2.06. The fourth-order valence-corrected chi connectivity index (χ4v) is 3.27. The molecule has 3 N–H and O–H groups in total. The van der Waals surface area contributed by atoms with Gasteiger partial charge < -0.3 is 15.3 Å². The summed E-state index contributed by atoms with van der Waals surface area (Å²) in [5.41, 5.74) is 0.982. The average Bonchev–Trinajstić information content (AvgIpc) is 2.84. The van der Waals surface area contributed by atoms with Crippen molar-refractivity contribution in [3.8, 4) is 0 Å². The molecule has 0 saturated heterocycles. The van der Waals surface area contributed by atoms with Gasteiger partial charge in [-0.2, -0.15) is 0 Å². The summed E-state index contributed by atoms with van der Waals surface area (Å²) in [4.78, 5) is 26.5. The molecule has 2 heterocycles. The molecule has 2 unspecified atom stereocenters. The molecule has 0 aliphatic carbocycles. The number of aliphatic hydroxyl groups is 1. The van der Waals surface area contributed by atoms with Crippen LogP contribution < -0.4 is 0 Å². The van der Waals surface area contributed by atoms with Crippen LogP contribution in [0.15, 0.2) is 23.4 Å². The van der Waals surface area contributed by atoms with Gasteiger partial charge in [0.25, 0.3) is 0 Å². The maximum atomic E-state index is 11.3. The number of fused-ring (bicyclic) bond motifs is 3. The van der Waals surface area contributed by atoms with Gasteiger partial charge in [-0.25, -0.2) is 9.78 Å². The number of carboxylic acids is 2. The molecule has 7 nitrogen and oxygen atoms in total. The number of thioether (sulfide) groups is 1. The molecular formula is C12H11ClN2O5S. The number of rotatable bonds is 2. The lowest BCUT2D eigenvalue weighted by Gasteiger charge is -2.22. The Hall–Kier alpha value is -1.77. The van der Waals surface area contributed by atoms with E-state index in [4.69, 9.17) is 5.11 Å². The Morgan fingerprint density at radius 1 is 1.38 bits per heavy atom. The van der Waals surface area contributed by atoms with E-state index in [9.17, 15) is 19.8 Å². The Bertz CT molecular complexity index is 761. The standard InChI is InChI=1S/C12H10N2O5S.ClH/c1-12(10(18)19)9(17)14-7-4-5(8(15)16)2-3-6(7)13-11(14)20-12;/h2-4,9,17H,1H3,(H,15,16)(H,18,19);1H. The number of hydrogen-bond acceptors (Lipinski definition) is 5. The van der Waals surface area contributed by atoms with E-state index in [1.807, 2.05) is 0 Å². The van der Waals surface area contributed by atoms with E-state index in [1.165, 1.54) is 29.7 Å². The molecule has 9 heteroatoms. The SMILES string of the molecule is CC1(C(=O)O)Sc2nc3ccc(C(=O)O)cc3n2C1O.Cl. The van der Waals surface area contributed by atoms with E-state index in [1.54, 1.807) is 0 Å². The second-order valence-electron chi connectivity index (χ2n) is 4.66. The molecular weight excluding hydrogens is 320 g/mol. The summed E-state index contributed by atoms with van der Waals surface area (Å²) in [7, 11) is 0. The highest BCUT2D eigenvalue weighted by Gasteiger charge is 2.50. The number of imidazole rings is 1. The molecule has 1 aliphatic heterocycles. The third-order valence-corrected chi connectivity index (χ3v) is 4.65. The predicted molar refractivity (Wildman–Crippen MR) is 77.1 cm³/mol. The van der Waals surface area contributed by atoms with E-state index < -0.39 is 22.9 Å². The number of aromatic nitrogens is 2. The van der Waals surface area contributed by atoms with Crippen LogP contribution in [0.4, 0.5) is 0 Å². The van der Waals surface area contributed by atoms with Crippen LogP contribution in [0.1, 0.15) is 23.5 Å². The number of aromatic carboxylic acids is 1. The van der Waals surface area contributed by atoms with Crippen molar-refractivity contribution in [3.05, 3.63) is 23.8 Å². The Morgan fingerprint density at radius 3 is 2.62 bits per heavy atom. The number of halogens is 1. The molecule has 0 amide bonds. The first-order valence-electron chi connectivity index (χ1n) is 5.70. The van der Waals surface area contributed by atoms with E-state index in [2.05, 4.69) is 4.98 Å². The normalized spacial score (nSPS) is 23.6. The maximum absolute atomic E-state index is 11.3. The fourth-order valence-electron chi connectivity index (χ4n) is 2.16. The van der Waals surface area contributed by atoms with Gasteiger partial charge in [-0.3, -0.25) is 9.36 Å². The zero-order chi connectivity index (χ0) is 14.7. The fraction of sp³-hybridized carbons (Fsp3) is 0.250. The van der Waals surface area contributed by atoms with Crippen molar-refractivity contribution in [1.29, 1.82) is 0 Å². The first-order valence-corrected chi connectivity index (χ1v) is 6.52. The topological polar surface area (TPSA) is 113 Å². The molecule has 21 heavy (non-hydrogen) atoms. The number of nitrogens with zero attached hydrogens (tertiary/aromatic N) is 2. The van der Waals surface area contributed by atoms with Gasteiger partial charge in [0.15, 0.2) is 16.1 Å². The van der Waals surface area contributed by atoms with Crippen LogP contribution in [0, 0.1) is 0 Å². The second-order valence-corrected chi connectivity index (χ2v) is 6.08. The van der Waals surface area contributed by atoms with Gasteiger partial charge in [-0.15, -0.1) is 12.4 Å². The molecule has 0 spiro atoms. The van der Waals surface area contributed by atoms with Crippen molar-refractivity contribution >= 4 is 47.1 Å². The van der Waals surface area contributed by atoms with Crippen molar-refractivity contribution in [3.63, 3.8) is 0 Å². The highest BCUT2D eigenvalue weighted by atomic mass is 35.5. The quantitative estimate of drug-likeness (QED) is 0.766. The molecule has 1 aliphatic rings. The van der Waals surface area contributed by atoms with Crippen molar-refractivity contribution in [1.82, 2.24) is 9.55 Å². The summed E-state index contributed by atoms with van der Waals surface area (Å²) in [6.45, 7) is 1.41. The molecule has 0 radical (unpaired) electrons. The second kappa shape index (κ2) is 4.90. The van der Waals surface area contributed by atoms with Crippen molar-refractivity contribution in [2.24, 2.45) is 0 Å². The van der Waals surface area contributed by atoms with Crippen molar-refractivity contribution in [2.45, 2.75) is 23.1 Å². The van der Waals surface area contributed by atoms with Crippen LogP contribution >= 0.6 is 24.2 Å². The van der Waals surface area contributed by atoms with Gasteiger partial charge in [-0.05, 0) is 25.1 Å². The molecule has 1 aromatic heterocycles. The summed E-state index contributed by atoms with van der Waals surface area (Å²) in [6, 6.07) is 4.34. The minimum absolute atomic E-state index is 0. The number of aliphatic carboxylic acids is 1. The van der Waals surface area contributed by atoms with Gasteiger partial charge >= 0.3 is 11.9 Å². The summed E-state index contributed by atoms with van der Waals surface area (Å²) >= 11 is 0.950. The summed E-state index contributed by atoms with van der Waals surface area (Å²) < 4.78 is -0.0731. The van der Waals surface area contributed by atoms with E-state index in [0.717, 1.165) is 11.8 Å². The number of carbonyl (C=O) groups is 2. The Kier molecular flexibility index (Phi) is 3.64. The predicted octanol–water partition coefficient (Wildman–Crippen LogP) is 1.60. The smallest absolute Gasteiger partial charge is 0.335 e. The number of carboxylic acid groups (broad SMARTS) is 2. The van der Waals surface area contributed by atoms with Gasteiger partial charge in [0, 0.05) is 0 Å². The minimum Gasteiger partial charge on any atom is -0.480 e. The summed E-state index contributed by atoms with van der Waals surface area (Å²) in [6.07, 6.45) is -1.31. The Balaban J connectivity index is 0.00000161. The highest BCUT2D eigenvalue weighted by Crippen LogP contribution is 2.49. The average molecular weight is 331 g/mol. The van der Waals surface area contributed by atoms with Crippen LogP contribution in [-0.4, -0.2) is 41.6 Å². The molecule has 0 bridgehead atoms. The molecule has 112 valence electrons. The molecule has 2 atom stereocenters. The lowest BCUT2D eigenvalue weighted by molar-refractivity contribution is -0.143. The van der Waals surface area contributed by atoms with Crippen LogP contribution in [0.25, 0.3) is 11.0 Å². The first kappa shape index (κ1) is 15.6. The minimum atomic E-state index is -1.43. The first-order chi connectivity index (χ1) is 9.34. The Labute approximate surface area is 129 Å². The zero-order valence-electron chi connectivity index (χ0n) is 10.7. The van der Waals surface area contributed by atoms with E-state index >= 15 is 0 Å². The zero-order valence-corrected chi connectivity index (χ0v) is 12.3. The van der Waals surface area contributed by atoms with E-state index in [0.29, 0.717) is 16.2 Å². The largest absolute Gasteiger partial charge is 0.480 e. The van der Waals surface area contributed by atoms with E-state index in [-0.39, 0.29) is 18.0 Å². The lowest BCUT2D eigenvalue weighted by atomic mass is 10.1. The van der Waals surface area contributed by atoms with Gasteiger partial charge in [0.1, 0.15) is 0 Å². The van der Waals surface area contributed by atoms with Crippen LogP contribution in [0.2, 0.25) is 0 Å². The van der Waals surface area contributed by atoms with Crippen LogP contribution in [0.3, 0.4) is 0 Å². The van der Waals surface area contributed by atoms with Gasteiger partial charge in [-0.1, -0.05) is 11.8 Å². The third-order valence-electron chi connectivity index (χ3n) is 3.37. The lowest BCUT2D eigenvalue weighted by Crippen LogP contribution is -2.36. The molecule has 0 saturated carbocycles. The molecule has 2 aromatic rings. The van der Waals surface area contributed by atoms with Crippen LogP contribution in [-0.2, 0) is 4.79 Å².